The highest BCUT2D eigenvalue weighted by molar-refractivity contribution is 5.27. The van der Waals surface area contributed by atoms with Crippen LogP contribution in [0.5, 0.6) is 5.75 Å². The molecular weight excluding hydrogens is 168 g/mol. The van der Waals surface area contributed by atoms with Crippen LogP contribution < -0.4 is 4.74 Å². The Hall–Kier alpha value is -1.06. The standard InChI is InChI=1S/C10H14O3/c1-12-8-9-3-2-4-10(7-9)13-6-5-11/h2-4,7,11H,5-6,8H2,1H3. The van der Waals surface area contributed by atoms with Gasteiger partial charge in [0.05, 0.1) is 13.2 Å². The summed E-state index contributed by atoms with van der Waals surface area (Å²) in [7, 11) is 1.65. The predicted molar refractivity (Wildman–Crippen MR) is 49.7 cm³/mol. The van der Waals surface area contributed by atoms with Crippen LogP contribution in [0.25, 0.3) is 0 Å². The number of aliphatic hydroxyl groups is 1. The van der Waals surface area contributed by atoms with E-state index in [1.807, 2.05) is 24.3 Å². The summed E-state index contributed by atoms with van der Waals surface area (Å²) in [5, 5.41) is 8.55. The molecule has 72 valence electrons. The monoisotopic (exact) mass is 182 g/mol. The third-order valence-corrected chi connectivity index (χ3v) is 1.57. The first kappa shape index (κ1) is 10.0. The van der Waals surface area contributed by atoms with Crippen LogP contribution in [0.4, 0.5) is 0 Å². The van der Waals surface area contributed by atoms with E-state index in [-0.39, 0.29) is 6.61 Å². The number of hydrogen-bond acceptors (Lipinski definition) is 3. The maximum atomic E-state index is 8.55. The van der Waals surface area contributed by atoms with Crippen LogP contribution >= 0.6 is 0 Å². The molecular formula is C10H14O3. The molecule has 0 unspecified atom stereocenters. The van der Waals surface area contributed by atoms with Crippen LogP contribution in [-0.4, -0.2) is 25.4 Å². The van der Waals surface area contributed by atoms with E-state index >= 15 is 0 Å². The van der Waals surface area contributed by atoms with Gasteiger partial charge in [-0.25, -0.2) is 0 Å². The normalized spacial score (nSPS) is 10.0. The molecule has 0 saturated heterocycles. The van der Waals surface area contributed by atoms with Gasteiger partial charge in [-0.1, -0.05) is 12.1 Å². The van der Waals surface area contributed by atoms with Crippen molar-refractivity contribution in [1.29, 1.82) is 0 Å². The first-order chi connectivity index (χ1) is 6.36. The van der Waals surface area contributed by atoms with E-state index in [4.69, 9.17) is 14.6 Å². The van der Waals surface area contributed by atoms with Gasteiger partial charge in [-0.15, -0.1) is 0 Å². The van der Waals surface area contributed by atoms with Crippen molar-refractivity contribution in [2.75, 3.05) is 20.3 Å². The molecule has 1 rings (SSSR count). The second kappa shape index (κ2) is 5.56. The molecule has 1 N–H and O–H groups in total. The lowest BCUT2D eigenvalue weighted by Crippen LogP contribution is -2.01. The molecule has 0 amide bonds. The summed E-state index contributed by atoms with van der Waals surface area (Å²) in [6, 6.07) is 7.63. The molecule has 0 bridgehead atoms. The lowest BCUT2D eigenvalue weighted by molar-refractivity contribution is 0.183. The fourth-order valence-electron chi connectivity index (χ4n) is 1.06. The summed E-state index contributed by atoms with van der Waals surface area (Å²) in [5.74, 6) is 0.767. The Kier molecular flexibility index (Phi) is 4.29. The first-order valence-corrected chi connectivity index (χ1v) is 4.18. The molecule has 13 heavy (non-hydrogen) atoms. The van der Waals surface area contributed by atoms with Gasteiger partial charge in [-0.3, -0.25) is 0 Å². The lowest BCUT2D eigenvalue weighted by atomic mass is 10.2. The Labute approximate surface area is 77.9 Å². The number of benzene rings is 1. The van der Waals surface area contributed by atoms with Crippen molar-refractivity contribution in [3.63, 3.8) is 0 Å². The van der Waals surface area contributed by atoms with E-state index in [9.17, 15) is 0 Å². The maximum Gasteiger partial charge on any atom is 0.119 e. The van der Waals surface area contributed by atoms with Crippen molar-refractivity contribution in [2.45, 2.75) is 6.61 Å². The third kappa shape index (κ3) is 3.44. The minimum atomic E-state index is 0.0362. The topological polar surface area (TPSA) is 38.7 Å². The summed E-state index contributed by atoms with van der Waals surface area (Å²) < 4.78 is 10.2. The van der Waals surface area contributed by atoms with Crippen molar-refractivity contribution >= 4 is 0 Å². The van der Waals surface area contributed by atoms with Gasteiger partial charge in [0.25, 0.3) is 0 Å². The maximum absolute atomic E-state index is 8.55. The molecule has 0 atom stereocenters. The quantitative estimate of drug-likeness (QED) is 0.743. The minimum Gasteiger partial charge on any atom is -0.491 e. The minimum absolute atomic E-state index is 0.0362. The zero-order valence-electron chi connectivity index (χ0n) is 7.69. The molecule has 0 radical (unpaired) electrons. The first-order valence-electron chi connectivity index (χ1n) is 4.18. The second-order valence-corrected chi connectivity index (χ2v) is 2.65. The molecule has 3 heteroatoms. The van der Waals surface area contributed by atoms with Crippen LogP contribution in [0.15, 0.2) is 24.3 Å². The smallest absolute Gasteiger partial charge is 0.119 e. The SMILES string of the molecule is COCc1cccc(OCCO)c1. The van der Waals surface area contributed by atoms with E-state index < -0.39 is 0 Å². The Morgan fingerprint density at radius 1 is 1.38 bits per heavy atom. The molecule has 0 fully saturated rings. The molecule has 0 spiro atoms. The Morgan fingerprint density at radius 3 is 2.92 bits per heavy atom. The zero-order valence-corrected chi connectivity index (χ0v) is 7.69. The van der Waals surface area contributed by atoms with Gasteiger partial charge in [-0.2, -0.15) is 0 Å². The molecule has 3 nitrogen and oxygen atoms in total. The summed E-state index contributed by atoms with van der Waals surface area (Å²) in [5.41, 5.74) is 1.07. The second-order valence-electron chi connectivity index (χ2n) is 2.65. The molecule has 1 aromatic carbocycles. The van der Waals surface area contributed by atoms with Crippen LogP contribution in [0, 0.1) is 0 Å². The molecule has 0 aliphatic rings. The summed E-state index contributed by atoms with van der Waals surface area (Å²) in [6.45, 7) is 0.946. The van der Waals surface area contributed by atoms with Crippen molar-refractivity contribution < 1.29 is 14.6 Å². The Morgan fingerprint density at radius 2 is 2.23 bits per heavy atom. The van der Waals surface area contributed by atoms with Crippen molar-refractivity contribution in [3.8, 4) is 5.75 Å². The van der Waals surface area contributed by atoms with Crippen LogP contribution in [0.1, 0.15) is 5.56 Å². The van der Waals surface area contributed by atoms with Crippen LogP contribution in [0.3, 0.4) is 0 Å². The van der Waals surface area contributed by atoms with Gasteiger partial charge in [0.2, 0.25) is 0 Å². The molecule has 0 aliphatic carbocycles. The fraction of sp³-hybridized carbons (Fsp3) is 0.400. The number of aliphatic hydroxyl groups excluding tert-OH is 1. The van der Waals surface area contributed by atoms with E-state index in [2.05, 4.69) is 0 Å². The third-order valence-electron chi connectivity index (χ3n) is 1.57. The average Bonchev–Trinajstić information content (AvgIpc) is 2.16. The molecule has 0 aromatic heterocycles. The highest BCUT2D eigenvalue weighted by Crippen LogP contribution is 2.13. The van der Waals surface area contributed by atoms with Gasteiger partial charge in [-0.05, 0) is 17.7 Å². The molecule has 0 heterocycles. The van der Waals surface area contributed by atoms with Crippen molar-refractivity contribution in [3.05, 3.63) is 29.8 Å². The average molecular weight is 182 g/mol. The fourth-order valence-corrected chi connectivity index (χ4v) is 1.06. The summed E-state index contributed by atoms with van der Waals surface area (Å²) >= 11 is 0. The molecule has 0 aliphatic heterocycles. The molecule has 1 aromatic rings. The highest BCUT2D eigenvalue weighted by atomic mass is 16.5. The lowest BCUT2D eigenvalue weighted by Gasteiger charge is -2.05. The number of methoxy groups -OCH3 is 1. The summed E-state index contributed by atoms with van der Waals surface area (Å²) in [4.78, 5) is 0. The van der Waals surface area contributed by atoms with Gasteiger partial charge in [0, 0.05) is 7.11 Å². The van der Waals surface area contributed by atoms with Crippen LogP contribution in [0.2, 0.25) is 0 Å². The largest absolute Gasteiger partial charge is 0.491 e. The highest BCUT2D eigenvalue weighted by Gasteiger charge is 1.95. The van der Waals surface area contributed by atoms with E-state index in [0.717, 1.165) is 11.3 Å². The zero-order chi connectivity index (χ0) is 9.52. The van der Waals surface area contributed by atoms with Gasteiger partial charge in [0.15, 0.2) is 0 Å². The van der Waals surface area contributed by atoms with Gasteiger partial charge >= 0.3 is 0 Å². The number of hydrogen-bond donors (Lipinski definition) is 1. The van der Waals surface area contributed by atoms with Crippen LogP contribution in [-0.2, 0) is 11.3 Å². The van der Waals surface area contributed by atoms with E-state index in [0.29, 0.717) is 13.2 Å². The number of rotatable bonds is 5. The van der Waals surface area contributed by atoms with Crippen molar-refractivity contribution in [2.24, 2.45) is 0 Å². The predicted octanol–water partition coefficient (Wildman–Crippen LogP) is 1.20. The van der Waals surface area contributed by atoms with E-state index in [1.165, 1.54) is 0 Å². The Balaban J connectivity index is 2.56. The van der Waals surface area contributed by atoms with E-state index in [1.54, 1.807) is 7.11 Å². The Bertz CT molecular complexity index is 248. The van der Waals surface area contributed by atoms with Gasteiger partial charge < -0.3 is 14.6 Å². The molecule has 0 saturated carbocycles. The summed E-state index contributed by atoms with van der Waals surface area (Å²) in [6.07, 6.45) is 0. The van der Waals surface area contributed by atoms with Gasteiger partial charge in [0.1, 0.15) is 12.4 Å². The number of ether oxygens (including phenoxy) is 2. The van der Waals surface area contributed by atoms with Crippen molar-refractivity contribution in [1.82, 2.24) is 0 Å².